The highest BCUT2D eigenvalue weighted by Crippen LogP contribution is 2.37. The van der Waals surface area contributed by atoms with Gasteiger partial charge >= 0.3 is 0 Å². The lowest BCUT2D eigenvalue weighted by Crippen LogP contribution is -2.15. The second-order valence-corrected chi connectivity index (χ2v) is 7.50. The van der Waals surface area contributed by atoms with Crippen LogP contribution in [0.3, 0.4) is 0 Å². The summed E-state index contributed by atoms with van der Waals surface area (Å²) in [5, 5.41) is 5.72. The van der Waals surface area contributed by atoms with Gasteiger partial charge in [-0.2, -0.15) is 0 Å². The lowest BCUT2D eigenvalue weighted by molar-refractivity contribution is 0.516. The summed E-state index contributed by atoms with van der Waals surface area (Å²) >= 11 is 1.61. The first-order valence-corrected chi connectivity index (χ1v) is 8.48. The minimum atomic E-state index is -3.71. The first-order valence-electron chi connectivity index (χ1n) is 6.06. The monoisotopic (exact) mass is 286 g/mol. The second kappa shape index (κ2) is 5.50. The summed E-state index contributed by atoms with van der Waals surface area (Å²) in [7, 11) is -3.71. The Hall–Kier alpha value is -0.720. The van der Waals surface area contributed by atoms with Gasteiger partial charge in [-0.15, -0.1) is 11.8 Å². The summed E-state index contributed by atoms with van der Waals surface area (Å²) < 4.78 is 23.1. The van der Waals surface area contributed by atoms with Crippen LogP contribution in [0, 0.1) is 0 Å². The molecule has 1 aliphatic rings. The van der Waals surface area contributed by atoms with E-state index in [4.69, 9.17) is 10.9 Å². The second-order valence-electron chi connectivity index (χ2n) is 4.63. The SMILES string of the molecule is Nc1ccc(SC2CCCCC2)c(S(N)(=O)=O)c1. The Kier molecular flexibility index (Phi) is 4.19. The first-order chi connectivity index (χ1) is 8.47. The standard InChI is InChI=1S/C12H18N2O2S2/c13-9-6-7-11(12(8-9)18(14,15)16)17-10-4-2-1-3-5-10/h6-8,10H,1-5,13H2,(H2,14,15,16). The number of hydrogen-bond donors (Lipinski definition) is 2. The fraction of sp³-hybridized carbons (Fsp3) is 0.500. The molecule has 18 heavy (non-hydrogen) atoms. The summed E-state index contributed by atoms with van der Waals surface area (Å²) in [6.45, 7) is 0. The number of benzene rings is 1. The number of anilines is 1. The average molecular weight is 286 g/mol. The highest BCUT2D eigenvalue weighted by atomic mass is 32.2. The smallest absolute Gasteiger partial charge is 0.239 e. The van der Waals surface area contributed by atoms with Gasteiger partial charge < -0.3 is 5.73 Å². The van der Waals surface area contributed by atoms with Crippen molar-refractivity contribution >= 4 is 27.5 Å². The molecule has 0 heterocycles. The van der Waals surface area contributed by atoms with Crippen molar-refractivity contribution in [2.45, 2.75) is 47.1 Å². The van der Waals surface area contributed by atoms with Gasteiger partial charge in [0.25, 0.3) is 0 Å². The van der Waals surface area contributed by atoms with E-state index in [0.29, 0.717) is 10.9 Å². The van der Waals surface area contributed by atoms with Gasteiger partial charge in [-0.3, -0.25) is 0 Å². The molecule has 1 fully saturated rings. The molecule has 0 amide bonds. The molecule has 4 N–H and O–H groups in total. The molecule has 0 spiro atoms. The first kappa shape index (κ1) is 13.7. The molecular weight excluding hydrogens is 268 g/mol. The molecule has 1 aromatic carbocycles. The molecule has 2 rings (SSSR count). The predicted molar refractivity (Wildman–Crippen MR) is 75.0 cm³/mol. The number of hydrogen-bond acceptors (Lipinski definition) is 4. The van der Waals surface area contributed by atoms with Crippen molar-refractivity contribution in [1.29, 1.82) is 0 Å². The minimum absolute atomic E-state index is 0.151. The van der Waals surface area contributed by atoms with E-state index in [1.54, 1.807) is 23.9 Å². The summed E-state index contributed by atoms with van der Waals surface area (Å²) in [6, 6.07) is 4.93. The summed E-state index contributed by atoms with van der Waals surface area (Å²) in [5.41, 5.74) is 6.05. The van der Waals surface area contributed by atoms with Gasteiger partial charge in [0.2, 0.25) is 10.0 Å². The van der Waals surface area contributed by atoms with Crippen molar-refractivity contribution in [2.24, 2.45) is 5.14 Å². The zero-order valence-electron chi connectivity index (χ0n) is 10.1. The maximum absolute atomic E-state index is 11.6. The number of nitrogen functional groups attached to an aromatic ring is 1. The number of sulfonamides is 1. The number of primary sulfonamides is 1. The van der Waals surface area contributed by atoms with Crippen molar-refractivity contribution in [3.8, 4) is 0 Å². The van der Waals surface area contributed by atoms with Crippen LogP contribution in [0.5, 0.6) is 0 Å². The Bertz CT molecular complexity index is 523. The third-order valence-electron chi connectivity index (χ3n) is 3.12. The van der Waals surface area contributed by atoms with Gasteiger partial charge in [0.15, 0.2) is 0 Å². The third kappa shape index (κ3) is 3.40. The highest BCUT2D eigenvalue weighted by molar-refractivity contribution is 8.00. The molecular formula is C12H18N2O2S2. The third-order valence-corrected chi connectivity index (χ3v) is 5.61. The van der Waals surface area contributed by atoms with E-state index in [-0.39, 0.29) is 4.90 Å². The molecule has 4 nitrogen and oxygen atoms in total. The zero-order valence-corrected chi connectivity index (χ0v) is 11.8. The van der Waals surface area contributed by atoms with Crippen LogP contribution >= 0.6 is 11.8 Å². The van der Waals surface area contributed by atoms with Crippen molar-refractivity contribution in [2.75, 3.05) is 5.73 Å². The summed E-state index contributed by atoms with van der Waals surface area (Å²) in [4.78, 5) is 0.872. The van der Waals surface area contributed by atoms with Gasteiger partial charge in [-0.25, -0.2) is 13.6 Å². The van der Waals surface area contributed by atoms with Crippen LogP contribution in [-0.4, -0.2) is 13.7 Å². The van der Waals surface area contributed by atoms with Crippen molar-refractivity contribution in [3.63, 3.8) is 0 Å². The van der Waals surface area contributed by atoms with E-state index >= 15 is 0 Å². The Labute approximate surface area is 112 Å². The summed E-state index contributed by atoms with van der Waals surface area (Å²) in [5.74, 6) is 0. The van der Waals surface area contributed by atoms with Gasteiger partial charge in [-0.1, -0.05) is 19.3 Å². The molecule has 6 heteroatoms. The van der Waals surface area contributed by atoms with E-state index in [1.807, 2.05) is 0 Å². The van der Waals surface area contributed by atoms with Gasteiger partial charge in [0, 0.05) is 15.8 Å². The van der Waals surface area contributed by atoms with E-state index in [9.17, 15) is 8.42 Å². The topological polar surface area (TPSA) is 86.2 Å². The molecule has 0 atom stereocenters. The van der Waals surface area contributed by atoms with E-state index < -0.39 is 10.0 Å². The van der Waals surface area contributed by atoms with Crippen molar-refractivity contribution in [3.05, 3.63) is 18.2 Å². The molecule has 0 saturated heterocycles. The van der Waals surface area contributed by atoms with Crippen molar-refractivity contribution in [1.82, 2.24) is 0 Å². The molecule has 0 aromatic heterocycles. The zero-order chi connectivity index (χ0) is 13.2. The van der Waals surface area contributed by atoms with Crippen LogP contribution in [0.15, 0.2) is 28.0 Å². The molecule has 1 saturated carbocycles. The van der Waals surface area contributed by atoms with Crippen LogP contribution in [0.1, 0.15) is 32.1 Å². The van der Waals surface area contributed by atoms with Crippen LogP contribution in [0.4, 0.5) is 5.69 Å². The maximum atomic E-state index is 11.6. The van der Waals surface area contributed by atoms with Gasteiger partial charge in [-0.05, 0) is 31.0 Å². The van der Waals surface area contributed by atoms with E-state index in [2.05, 4.69) is 0 Å². The number of rotatable bonds is 3. The molecule has 0 bridgehead atoms. The number of nitrogens with two attached hydrogens (primary N) is 2. The Morgan fingerprint density at radius 2 is 1.83 bits per heavy atom. The molecule has 0 unspecified atom stereocenters. The Balaban J connectivity index is 2.26. The average Bonchev–Trinajstić information content (AvgIpc) is 2.31. The molecule has 0 radical (unpaired) electrons. The largest absolute Gasteiger partial charge is 0.399 e. The molecule has 1 aliphatic carbocycles. The lowest BCUT2D eigenvalue weighted by Gasteiger charge is -2.21. The Morgan fingerprint density at radius 3 is 2.44 bits per heavy atom. The van der Waals surface area contributed by atoms with Crippen LogP contribution in [0.2, 0.25) is 0 Å². The maximum Gasteiger partial charge on any atom is 0.239 e. The molecule has 0 aliphatic heterocycles. The predicted octanol–water partition coefficient (Wildman–Crippen LogP) is 2.34. The summed E-state index contributed by atoms with van der Waals surface area (Å²) in [6.07, 6.45) is 5.99. The quantitative estimate of drug-likeness (QED) is 0.835. The highest BCUT2D eigenvalue weighted by Gasteiger charge is 2.20. The molecule has 100 valence electrons. The fourth-order valence-corrected chi connectivity index (χ4v) is 4.60. The number of thioether (sulfide) groups is 1. The van der Waals surface area contributed by atoms with E-state index in [1.165, 1.54) is 25.3 Å². The van der Waals surface area contributed by atoms with Crippen LogP contribution in [0.25, 0.3) is 0 Å². The Morgan fingerprint density at radius 1 is 1.17 bits per heavy atom. The lowest BCUT2D eigenvalue weighted by atomic mass is 10.0. The van der Waals surface area contributed by atoms with Gasteiger partial charge in [0.05, 0.1) is 4.90 Å². The normalized spacial score (nSPS) is 17.8. The molecule has 1 aromatic rings. The fourth-order valence-electron chi connectivity index (χ4n) is 2.21. The van der Waals surface area contributed by atoms with E-state index in [0.717, 1.165) is 17.7 Å². The minimum Gasteiger partial charge on any atom is -0.399 e. The van der Waals surface area contributed by atoms with Crippen LogP contribution in [-0.2, 0) is 10.0 Å². The van der Waals surface area contributed by atoms with Gasteiger partial charge in [0.1, 0.15) is 0 Å². The van der Waals surface area contributed by atoms with Crippen molar-refractivity contribution < 1.29 is 8.42 Å². The van der Waals surface area contributed by atoms with Crippen LogP contribution < -0.4 is 10.9 Å².